The zero-order chi connectivity index (χ0) is 30.4. The molecule has 4 rings (SSSR count). The molecule has 1 aliphatic rings. The van der Waals surface area contributed by atoms with E-state index < -0.39 is 55.0 Å². The predicted octanol–water partition coefficient (Wildman–Crippen LogP) is 9.01. The molecule has 0 bridgehead atoms. The van der Waals surface area contributed by atoms with Crippen LogP contribution in [0.2, 0.25) is 15.1 Å². The lowest BCUT2D eigenvalue weighted by atomic mass is 10.1. The summed E-state index contributed by atoms with van der Waals surface area (Å²) in [7, 11) is 0. The first-order chi connectivity index (χ1) is 19.0. The Morgan fingerprint density at radius 3 is 1.95 bits per heavy atom. The van der Waals surface area contributed by atoms with E-state index in [1.165, 1.54) is 18.2 Å². The van der Waals surface area contributed by atoms with Crippen molar-refractivity contribution in [1.82, 2.24) is 0 Å². The molecule has 1 saturated carbocycles. The van der Waals surface area contributed by atoms with Crippen LogP contribution in [0.5, 0.6) is 0 Å². The molecule has 6 nitrogen and oxygen atoms in total. The van der Waals surface area contributed by atoms with Crippen molar-refractivity contribution in [3.8, 4) is 0 Å². The molecule has 3 aromatic rings. The van der Waals surface area contributed by atoms with Gasteiger partial charge in [0.15, 0.2) is 11.6 Å². The summed E-state index contributed by atoms with van der Waals surface area (Å²) in [5.74, 6) is -6.67. The summed E-state index contributed by atoms with van der Waals surface area (Å²) in [6.07, 6.45) is 0. The smallest absolute Gasteiger partial charge is 0.276 e. The Morgan fingerprint density at radius 2 is 1.37 bits per heavy atom. The number of amides is 3. The zero-order valence-electron chi connectivity index (χ0n) is 19.8. The Hall–Kier alpha value is -1.75. The van der Waals surface area contributed by atoms with Crippen molar-refractivity contribution in [1.29, 1.82) is 0 Å². The Kier molecular flexibility index (Phi) is 9.49. The highest BCUT2D eigenvalue weighted by Crippen LogP contribution is 2.65. The molecule has 0 aromatic heterocycles. The van der Waals surface area contributed by atoms with Gasteiger partial charge in [-0.05, 0) is 48.0 Å². The SMILES string of the molecule is O=C(Nc1cc(F)c(NC(=O)C(Cl)(Cl)Cl)c(F)c1)c1cc(NC(=O)[C@H]2[C@H](c3ccc(Cl)c(Cl)c3)C2(Cl)Cl)ccc1Cl. The summed E-state index contributed by atoms with van der Waals surface area (Å²) in [6.45, 7) is 0. The minimum absolute atomic E-state index is 0.0304. The summed E-state index contributed by atoms with van der Waals surface area (Å²) >= 11 is 47.2. The third-order valence-electron chi connectivity index (χ3n) is 5.91. The molecule has 41 heavy (non-hydrogen) atoms. The fourth-order valence-corrected chi connectivity index (χ4v) is 5.40. The van der Waals surface area contributed by atoms with Gasteiger partial charge in [0, 0.05) is 17.3 Å². The molecule has 0 aliphatic heterocycles. The Morgan fingerprint density at radius 1 is 0.756 bits per heavy atom. The van der Waals surface area contributed by atoms with Crippen molar-refractivity contribution in [2.45, 2.75) is 14.0 Å². The number of carbonyl (C=O) groups is 3. The zero-order valence-corrected chi connectivity index (χ0v) is 25.8. The van der Waals surface area contributed by atoms with E-state index in [-0.39, 0.29) is 27.0 Å². The van der Waals surface area contributed by atoms with Gasteiger partial charge < -0.3 is 16.0 Å². The summed E-state index contributed by atoms with van der Waals surface area (Å²) in [4.78, 5) is 37.7. The molecule has 16 heteroatoms. The van der Waals surface area contributed by atoms with Gasteiger partial charge in [-0.25, -0.2) is 8.78 Å². The van der Waals surface area contributed by atoms with Crippen LogP contribution in [0.1, 0.15) is 21.8 Å². The topological polar surface area (TPSA) is 87.3 Å². The second-order valence-electron chi connectivity index (χ2n) is 8.71. The van der Waals surface area contributed by atoms with E-state index in [9.17, 15) is 23.2 Å². The highest BCUT2D eigenvalue weighted by molar-refractivity contribution is 6.76. The maximum absolute atomic E-state index is 14.5. The fourth-order valence-electron chi connectivity index (χ4n) is 3.92. The van der Waals surface area contributed by atoms with Gasteiger partial charge in [0.05, 0.1) is 26.5 Å². The number of rotatable bonds is 6. The van der Waals surface area contributed by atoms with E-state index in [2.05, 4.69) is 10.6 Å². The maximum Gasteiger partial charge on any atom is 0.276 e. The van der Waals surface area contributed by atoms with Crippen molar-refractivity contribution in [3.05, 3.63) is 86.4 Å². The molecule has 3 N–H and O–H groups in total. The first-order valence-corrected chi connectivity index (χ1v) is 14.1. The number of hydrogen-bond acceptors (Lipinski definition) is 3. The summed E-state index contributed by atoms with van der Waals surface area (Å²) < 4.78 is 25.1. The second-order valence-corrected chi connectivity index (χ2v) is 13.7. The largest absolute Gasteiger partial charge is 0.326 e. The van der Waals surface area contributed by atoms with Gasteiger partial charge in [0.25, 0.3) is 15.6 Å². The van der Waals surface area contributed by atoms with Crippen molar-refractivity contribution in [2.75, 3.05) is 16.0 Å². The molecule has 1 fully saturated rings. The second kappa shape index (κ2) is 12.1. The van der Waals surface area contributed by atoms with Crippen LogP contribution in [0.4, 0.5) is 25.8 Å². The van der Waals surface area contributed by atoms with E-state index in [4.69, 9.17) is 92.8 Å². The molecule has 0 unspecified atom stereocenters. The minimum Gasteiger partial charge on any atom is -0.326 e. The van der Waals surface area contributed by atoms with Crippen LogP contribution in [0, 0.1) is 17.6 Å². The molecule has 3 amide bonds. The van der Waals surface area contributed by atoms with Gasteiger partial charge in [0.2, 0.25) is 5.91 Å². The van der Waals surface area contributed by atoms with Gasteiger partial charge in [-0.3, -0.25) is 14.4 Å². The van der Waals surface area contributed by atoms with Crippen LogP contribution in [-0.4, -0.2) is 25.8 Å². The molecule has 0 saturated heterocycles. The molecule has 3 aromatic carbocycles. The van der Waals surface area contributed by atoms with Gasteiger partial charge >= 0.3 is 0 Å². The molecule has 0 spiro atoms. The Labute approximate surface area is 271 Å². The fraction of sp³-hybridized carbons (Fsp3) is 0.160. The monoisotopic (exact) mass is 721 g/mol. The van der Waals surface area contributed by atoms with Crippen LogP contribution >= 0.6 is 92.8 Å². The lowest BCUT2D eigenvalue weighted by Gasteiger charge is -2.14. The number of carbonyl (C=O) groups excluding carboxylic acids is 3. The average Bonchev–Trinajstić information content (AvgIpc) is 3.45. The highest BCUT2D eigenvalue weighted by atomic mass is 35.6. The molecule has 1 aliphatic carbocycles. The molecular weight excluding hydrogens is 712 g/mol. The number of alkyl halides is 5. The number of halogens is 10. The molecular formula is C25H13Cl8F2N3O3. The summed E-state index contributed by atoms with van der Waals surface area (Å²) in [6, 6.07) is 10.3. The van der Waals surface area contributed by atoms with Crippen LogP contribution in [0.25, 0.3) is 0 Å². The quantitative estimate of drug-likeness (QED) is 0.222. The van der Waals surface area contributed by atoms with E-state index in [0.29, 0.717) is 10.6 Å². The first-order valence-electron chi connectivity index (χ1n) is 11.1. The Balaban J connectivity index is 1.49. The van der Waals surface area contributed by atoms with Crippen LogP contribution < -0.4 is 16.0 Å². The van der Waals surface area contributed by atoms with Crippen molar-refractivity contribution in [3.63, 3.8) is 0 Å². The van der Waals surface area contributed by atoms with Gasteiger partial charge in [-0.1, -0.05) is 75.7 Å². The minimum atomic E-state index is -2.47. The van der Waals surface area contributed by atoms with E-state index in [1.54, 1.807) is 18.2 Å². The van der Waals surface area contributed by atoms with Crippen LogP contribution in [0.3, 0.4) is 0 Å². The van der Waals surface area contributed by atoms with E-state index >= 15 is 0 Å². The van der Waals surface area contributed by atoms with E-state index in [1.807, 2.05) is 5.32 Å². The highest BCUT2D eigenvalue weighted by Gasteiger charge is 2.67. The van der Waals surface area contributed by atoms with Gasteiger partial charge in [0.1, 0.15) is 10.0 Å². The lowest BCUT2D eigenvalue weighted by molar-refractivity contribution is -0.117. The van der Waals surface area contributed by atoms with Crippen molar-refractivity contribution < 1.29 is 23.2 Å². The third-order valence-corrected chi connectivity index (χ3v) is 8.44. The summed E-state index contributed by atoms with van der Waals surface area (Å²) in [5.41, 5.74) is -0.581. The predicted molar refractivity (Wildman–Crippen MR) is 160 cm³/mol. The molecule has 216 valence electrons. The maximum atomic E-state index is 14.5. The van der Waals surface area contributed by atoms with Gasteiger partial charge in [-0.2, -0.15) is 0 Å². The van der Waals surface area contributed by atoms with Crippen molar-refractivity contribution in [2.24, 2.45) is 5.92 Å². The van der Waals surface area contributed by atoms with Crippen molar-refractivity contribution >= 4 is 128 Å². The first kappa shape index (κ1) is 32.2. The lowest BCUT2D eigenvalue weighted by Crippen LogP contribution is -2.28. The molecule has 0 radical (unpaired) electrons. The van der Waals surface area contributed by atoms with E-state index in [0.717, 1.165) is 12.1 Å². The summed E-state index contributed by atoms with van der Waals surface area (Å²) in [5, 5.41) is 7.30. The molecule has 0 heterocycles. The number of anilines is 3. The number of benzene rings is 3. The Bertz CT molecular complexity index is 1560. The van der Waals surface area contributed by atoms with Crippen LogP contribution in [-0.2, 0) is 9.59 Å². The third kappa shape index (κ3) is 7.08. The standard InChI is InChI=1S/C25H13Cl8F2N3O3/c26-13-4-2-10(36-22(40)19-18(24(19,29)30)9-1-3-14(27)15(28)5-9)6-12(13)21(39)37-11-7-16(34)20(17(35)8-11)38-23(41)25(31,32)33/h1-8,18-19H,(H,36,40)(H,37,39)(H,38,41)/t18-,19+/m0/s1. The normalized spacial score (nSPS) is 17.5. The molecule has 2 atom stereocenters. The van der Waals surface area contributed by atoms with Gasteiger partial charge in [-0.15, -0.1) is 23.2 Å². The van der Waals surface area contributed by atoms with Crippen LogP contribution in [0.15, 0.2) is 48.5 Å². The average molecular weight is 725 g/mol. The number of nitrogens with one attached hydrogen (secondary N) is 3. The number of hydrogen-bond donors (Lipinski definition) is 3.